The van der Waals surface area contributed by atoms with Crippen LogP contribution in [0, 0.1) is 0 Å². The molecule has 1 aliphatic rings. The zero-order valence-corrected chi connectivity index (χ0v) is 85.4. The molecular formula is C130H124O14. The van der Waals surface area contributed by atoms with Gasteiger partial charge in [-0.25, -0.2) is 19.2 Å². The van der Waals surface area contributed by atoms with Crippen LogP contribution in [-0.4, -0.2) is 57.2 Å². The van der Waals surface area contributed by atoms with Gasteiger partial charge in [-0.05, 0) is 183 Å². The third-order valence-electron chi connectivity index (χ3n) is 26.3. The zero-order valence-electron chi connectivity index (χ0n) is 85.4. The van der Waals surface area contributed by atoms with Gasteiger partial charge in [-0.1, -0.05) is 392 Å². The van der Waals surface area contributed by atoms with Gasteiger partial charge >= 0.3 is 23.9 Å². The highest BCUT2D eigenvalue weighted by Gasteiger charge is 2.34. The van der Waals surface area contributed by atoms with Crippen LogP contribution in [-0.2, 0) is 71.0 Å². The fourth-order valence-electron chi connectivity index (χ4n) is 17.5. The molecule has 0 aromatic heterocycles. The van der Waals surface area contributed by atoms with Crippen molar-refractivity contribution in [3.63, 3.8) is 0 Å². The predicted octanol–water partition coefficient (Wildman–Crippen LogP) is 29.2. The Bertz CT molecular complexity index is 6930. The van der Waals surface area contributed by atoms with Crippen LogP contribution >= 0.6 is 0 Å². The molecule has 0 saturated heterocycles. The summed E-state index contributed by atoms with van der Waals surface area (Å²) < 4.78 is 28.6. The Labute approximate surface area is 846 Å². The van der Waals surface area contributed by atoms with Gasteiger partial charge in [0.1, 0.15) is 34.5 Å². The second-order valence-corrected chi connectivity index (χ2v) is 43.6. The van der Waals surface area contributed by atoms with Gasteiger partial charge in [0, 0.05) is 105 Å². The molecule has 144 heavy (non-hydrogen) atoms. The number of ketones is 4. The molecule has 0 heterocycles. The van der Waals surface area contributed by atoms with E-state index in [-0.39, 0.29) is 118 Å². The third-order valence-corrected chi connectivity index (χ3v) is 26.3. The number of aromatic hydroxyl groups is 2. The van der Waals surface area contributed by atoms with Crippen LogP contribution in [0.1, 0.15) is 330 Å². The standard InChI is InChI=1S/C130H124O14/c1-125(2,3)105-69-93-63-94-70-106(126(4,5)6)72-96(116(94)136)65-98-74-108(128(10,11)12)76-100(118(98)142-122(138)90-53-41-82(42-54-90)48-60-112(132)86-33-25-20-26-34-86)67-102-78-110(130(16,17)18)80-104(120(102)144-124(140)92-57-45-84(46-58-92)50-62-114(134)88-37-29-22-30-38-88)68-103-79-109(129(13,14)15)77-101(119(103)143-123(139)91-55-43-83(44-56-91)49-61-113(133)87-35-27-21-28-36-87)66-99-75-107(127(7,8)9)73-97(64-95(71-105)115(93)135)117(99)141-121(137)89-51-39-81(40-52-89)47-59-111(131)85-31-23-19-24-32-85/h19-62,69-80,135-136H,63-68H2,1-18H3/b59-47+,60-48+,61-49+,62-50+. The van der Waals surface area contributed by atoms with E-state index in [0.717, 1.165) is 33.4 Å². The molecule has 12 bridgehead atoms. The molecule has 0 spiro atoms. The molecule has 2 N–H and O–H groups in total. The minimum absolute atomic E-state index is 0.0166. The topological polar surface area (TPSA) is 214 Å². The maximum Gasteiger partial charge on any atom is 0.343 e. The second-order valence-electron chi connectivity index (χ2n) is 43.6. The molecule has 15 rings (SSSR count). The van der Waals surface area contributed by atoms with E-state index in [1.54, 1.807) is 218 Å². The molecule has 14 aromatic carbocycles. The van der Waals surface area contributed by atoms with E-state index in [1.807, 2.05) is 97.1 Å². The lowest BCUT2D eigenvalue weighted by atomic mass is 9.79. The molecule has 14 heteroatoms. The Morgan fingerprint density at radius 2 is 0.347 bits per heavy atom. The molecule has 0 amide bonds. The number of esters is 4. The Morgan fingerprint density at radius 1 is 0.201 bits per heavy atom. The SMILES string of the molecule is CC(C)(C)c1cc2c(O)c(c1)Cc1cc(C(C)(C)C)cc(c1OC(=O)c1ccc(/C=C/C(=O)c3ccccc3)cc1)Cc1cc(C(C)(C)C)cc(c1OC(=O)c1ccc(/C=C/C(=O)c3ccccc3)cc1)Cc1cc(C(C)(C)C)cc(c1OC(=O)c1ccc(/C=C/C(=O)c3ccccc3)cc1)Cc1cc(C(C)(C)C)cc(c1OC(=O)c1ccc(/C=C/C(=O)c3ccccc3)cc1)Cc1cc(C(C)(C)C)cc(c1O)C2. The van der Waals surface area contributed by atoms with Gasteiger partial charge in [0.2, 0.25) is 0 Å². The van der Waals surface area contributed by atoms with E-state index in [4.69, 9.17) is 18.9 Å². The summed E-state index contributed by atoms with van der Waals surface area (Å²) >= 11 is 0. The first kappa shape index (κ1) is 103. The minimum Gasteiger partial charge on any atom is -0.507 e. The molecule has 1 aliphatic carbocycles. The number of phenolic OH excluding ortho intramolecular Hbond substituents is 2. The van der Waals surface area contributed by atoms with E-state index in [9.17, 15) is 29.4 Å². The Balaban J connectivity index is 1.00. The van der Waals surface area contributed by atoms with Crippen molar-refractivity contribution in [2.24, 2.45) is 0 Å². The summed E-state index contributed by atoms with van der Waals surface area (Å²) in [5.41, 5.74) is 12.6. The van der Waals surface area contributed by atoms with E-state index in [2.05, 4.69) is 125 Å². The summed E-state index contributed by atoms with van der Waals surface area (Å²) in [6.45, 7) is 37.7. The molecule has 728 valence electrons. The molecule has 14 aromatic rings. The summed E-state index contributed by atoms with van der Waals surface area (Å²) in [7, 11) is 0. The summed E-state index contributed by atoms with van der Waals surface area (Å²) in [5, 5.41) is 27.2. The number of allylic oxidation sites excluding steroid dienone is 4. The van der Waals surface area contributed by atoms with Crippen molar-refractivity contribution < 1.29 is 67.5 Å². The van der Waals surface area contributed by atoms with Crippen LogP contribution in [0.5, 0.6) is 34.5 Å². The molecule has 0 saturated carbocycles. The van der Waals surface area contributed by atoms with E-state index >= 15 is 19.2 Å². The Kier molecular flexibility index (Phi) is 30.3. The van der Waals surface area contributed by atoms with Crippen LogP contribution in [0.3, 0.4) is 0 Å². The number of phenols is 2. The maximum atomic E-state index is 16.1. The van der Waals surface area contributed by atoms with Crippen molar-refractivity contribution in [1.82, 2.24) is 0 Å². The molecule has 0 radical (unpaired) electrons. The van der Waals surface area contributed by atoms with Gasteiger partial charge in [0.05, 0.1) is 22.3 Å². The lowest BCUT2D eigenvalue weighted by Crippen LogP contribution is -2.19. The third kappa shape index (κ3) is 25.2. The smallest absolute Gasteiger partial charge is 0.343 e. The highest BCUT2D eigenvalue weighted by atomic mass is 16.5. The number of fused-ring (bicyclic) bond motifs is 12. The quantitative estimate of drug-likeness (QED) is 0.0314. The number of hydrogen-bond acceptors (Lipinski definition) is 14. The molecule has 0 atom stereocenters. The summed E-state index contributed by atoms with van der Waals surface area (Å²) in [6, 6.07) is 87.0. The molecule has 0 aliphatic heterocycles. The van der Waals surface area contributed by atoms with Crippen LogP contribution < -0.4 is 18.9 Å². The first-order valence-electron chi connectivity index (χ1n) is 49.0. The van der Waals surface area contributed by atoms with Gasteiger partial charge in [-0.2, -0.15) is 0 Å². The second kappa shape index (κ2) is 42.5. The Hall–Kier alpha value is -15.8. The lowest BCUT2D eigenvalue weighted by Gasteiger charge is -2.28. The number of hydrogen-bond donors (Lipinski definition) is 2. The molecular weight excluding hydrogens is 1790 g/mol. The highest BCUT2D eigenvalue weighted by molar-refractivity contribution is 6.09. The van der Waals surface area contributed by atoms with E-state index in [0.29, 0.717) is 111 Å². The van der Waals surface area contributed by atoms with Crippen LogP contribution in [0.15, 0.2) is 315 Å². The maximum absolute atomic E-state index is 16.1. The molecule has 0 fully saturated rings. The number of carbonyl (C=O) groups excluding carboxylic acids is 8. The fourth-order valence-corrected chi connectivity index (χ4v) is 17.5. The van der Waals surface area contributed by atoms with Crippen molar-refractivity contribution in [3.8, 4) is 34.5 Å². The summed E-state index contributed by atoms with van der Waals surface area (Å²) in [6.07, 6.45) is 12.4. The Morgan fingerprint density at radius 3 is 0.507 bits per heavy atom. The molecule has 0 unspecified atom stereocenters. The first-order chi connectivity index (χ1) is 68.2. The minimum atomic E-state index is -0.749. The lowest BCUT2D eigenvalue weighted by molar-refractivity contribution is 0.0721. The summed E-state index contributed by atoms with van der Waals surface area (Å²) in [5.74, 6) is -3.27. The van der Waals surface area contributed by atoms with Crippen molar-refractivity contribution in [3.05, 3.63) is 482 Å². The van der Waals surface area contributed by atoms with Gasteiger partial charge < -0.3 is 29.2 Å². The van der Waals surface area contributed by atoms with Crippen molar-refractivity contribution in [2.75, 3.05) is 0 Å². The fraction of sp³-hybridized carbons (Fsp3) is 0.231. The predicted molar refractivity (Wildman–Crippen MR) is 576 cm³/mol. The normalized spacial score (nSPS) is 12.8. The van der Waals surface area contributed by atoms with E-state index < -0.39 is 56.4 Å². The van der Waals surface area contributed by atoms with Crippen LogP contribution in [0.4, 0.5) is 0 Å². The average Bonchev–Trinajstić information content (AvgIpc) is 0.759. The van der Waals surface area contributed by atoms with E-state index in [1.165, 1.54) is 24.3 Å². The highest BCUT2D eigenvalue weighted by Crippen LogP contribution is 2.48. The van der Waals surface area contributed by atoms with Gasteiger partial charge in [0.15, 0.2) is 23.1 Å². The number of rotatable bonds is 20. The van der Waals surface area contributed by atoms with Gasteiger partial charge in [0.25, 0.3) is 0 Å². The number of ether oxygens (including phenoxy) is 4. The van der Waals surface area contributed by atoms with Crippen LogP contribution in [0.2, 0.25) is 0 Å². The number of carbonyl (C=O) groups is 8. The summed E-state index contributed by atoms with van der Waals surface area (Å²) in [4.78, 5) is 118. The first-order valence-corrected chi connectivity index (χ1v) is 49.0. The number of benzene rings is 14. The van der Waals surface area contributed by atoms with Crippen molar-refractivity contribution in [1.29, 1.82) is 0 Å². The van der Waals surface area contributed by atoms with Gasteiger partial charge in [-0.15, -0.1) is 0 Å². The monoisotopic (exact) mass is 1910 g/mol. The van der Waals surface area contributed by atoms with Crippen molar-refractivity contribution in [2.45, 2.75) is 196 Å². The van der Waals surface area contributed by atoms with Crippen molar-refractivity contribution >= 4 is 71.3 Å². The van der Waals surface area contributed by atoms with Gasteiger partial charge in [-0.3, -0.25) is 19.2 Å². The zero-order chi connectivity index (χ0) is 103. The average molecular weight is 1910 g/mol. The van der Waals surface area contributed by atoms with Crippen LogP contribution in [0.25, 0.3) is 24.3 Å². The largest absolute Gasteiger partial charge is 0.507 e. The molecule has 14 nitrogen and oxygen atoms in total.